The van der Waals surface area contributed by atoms with Crippen molar-refractivity contribution in [1.82, 2.24) is 0 Å². The minimum Gasteiger partial charge on any atom is -0.299 e. The fourth-order valence-electron chi connectivity index (χ4n) is 1.32. The van der Waals surface area contributed by atoms with Crippen LogP contribution in [-0.2, 0) is 61.7 Å². The van der Waals surface area contributed by atoms with E-state index in [0.29, 0.717) is 0 Å². The Hall–Kier alpha value is -0.456. The molecule has 0 amide bonds. The van der Waals surface area contributed by atoms with E-state index in [0.717, 1.165) is 26.7 Å². The number of carbonyl (C=O) groups is 4. The van der Waals surface area contributed by atoms with Gasteiger partial charge in [-0.1, -0.05) is 13.3 Å². The number of ketones is 3. The summed E-state index contributed by atoms with van der Waals surface area (Å²) in [6, 6.07) is 0. The van der Waals surface area contributed by atoms with Crippen molar-refractivity contribution in [2.75, 3.05) is 6.61 Å². The van der Waals surface area contributed by atoms with E-state index in [1.807, 2.05) is 6.92 Å². The number of unbranched alkanes of at least 4 members (excludes halogenated alkanes) is 1. The van der Waals surface area contributed by atoms with Gasteiger partial charge in [0.2, 0.25) is 0 Å². The quantitative estimate of drug-likeness (QED) is 0.268. The predicted molar refractivity (Wildman–Crippen MR) is 61.4 cm³/mol. The van der Waals surface area contributed by atoms with Gasteiger partial charge in [0.15, 0.2) is 5.78 Å². The van der Waals surface area contributed by atoms with Gasteiger partial charge in [0.05, 0.1) is 6.61 Å². The molecule has 0 unspecified atom stereocenters. The third kappa shape index (κ3) is 9.13. The van der Waals surface area contributed by atoms with Gasteiger partial charge < -0.3 is 0 Å². The van der Waals surface area contributed by atoms with Crippen LogP contribution in [0.2, 0.25) is 0 Å². The van der Waals surface area contributed by atoms with E-state index in [1.165, 1.54) is 0 Å². The standard InChI is InChI=1S/C12H18O6.Y/c1-4-5-6-17-18-11(16)7-10(15)12(8(2)13)9(3)14;/h12H,4-7H2,1-3H3;. The summed E-state index contributed by atoms with van der Waals surface area (Å²) in [4.78, 5) is 53.8. The van der Waals surface area contributed by atoms with E-state index in [-0.39, 0.29) is 39.3 Å². The van der Waals surface area contributed by atoms with Gasteiger partial charge in [-0.05, 0) is 20.3 Å². The summed E-state index contributed by atoms with van der Waals surface area (Å²) < 4.78 is 0. The topological polar surface area (TPSA) is 86.7 Å². The average Bonchev–Trinajstić information content (AvgIpc) is 2.23. The molecular formula is C12H18O6Y. The molecule has 0 aliphatic rings. The Morgan fingerprint density at radius 3 is 2.00 bits per heavy atom. The molecule has 0 rings (SSSR count). The molecule has 0 bridgehead atoms. The molecule has 0 N–H and O–H groups in total. The molecule has 105 valence electrons. The molecule has 0 aromatic carbocycles. The summed E-state index contributed by atoms with van der Waals surface area (Å²) >= 11 is 0. The van der Waals surface area contributed by atoms with Crippen LogP contribution in [0, 0.1) is 5.92 Å². The van der Waals surface area contributed by atoms with Crippen LogP contribution in [0.3, 0.4) is 0 Å². The Balaban J connectivity index is 0. The number of rotatable bonds is 9. The first kappa shape index (κ1) is 20.9. The minimum atomic E-state index is -1.38. The van der Waals surface area contributed by atoms with Gasteiger partial charge in [-0.15, -0.1) is 0 Å². The molecule has 0 aromatic heterocycles. The normalized spacial score (nSPS) is 9.68. The molecule has 19 heavy (non-hydrogen) atoms. The molecule has 0 aliphatic heterocycles. The molecule has 6 nitrogen and oxygen atoms in total. The fourth-order valence-corrected chi connectivity index (χ4v) is 1.32. The fraction of sp³-hybridized carbons (Fsp3) is 0.667. The van der Waals surface area contributed by atoms with Crippen molar-refractivity contribution in [3.8, 4) is 0 Å². The van der Waals surface area contributed by atoms with E-state index in [4.69, 9.17) is 0 Å². The van der Waals surface area contributed by atoms with Gasteiger partial charge in [-0.2, -0.15) is 4.89 Å². The average molecular weight is 347 g/mol. The number of Topliss-reactive ketones (excluding diaryl/α,β-unsaturated/α-hetero) is 3. The van der Waals surface area contributed by atoms with Crippen molar-refractivity contribution in [3.05, 3.63) is 0 Å². The maximum absolute atomic E-state index is 11.5. The molecule has 0 aliphatic carbocycles. The van der Waals surface area contributed by atoms with Crippen molar-refractivity contribution < 1.29 is 61.7 Å². The van der Waals surface area contributed by atoms with Crippen LogP contribution in [0.1, 0.15) is 40.0 Å². The Morgan fingerprint density at radius 1 is 1.05 bits per heavy atom. The maximum atomic E-state index is 11.5. The van der Waals surface area contributed by atoms with Gasteiger partial charge in [0, 0.05) is 32.7 Å². The summed E-state index contributed by atoms with van der Waals surface area (Å²) in [6.07, 6.45) is 0.966. The van der Waals surface area contributed by atoms with Gasteiger partial charge in [-0.3, -0.25) is 19.3 Å². The van der Waals surface area contributed by atoms with Crippen LogP contribution in [0.5, 0.6) is 0 Å². The molecule has 0 heterocycles. The van der Waals surface area contributed by atoms with Crippen LogP contribution in [0.15, 0.2) is 0 Å². The molecule has 0 fully saturated rings. The molecule has 0 saturated heterocycles. The van der Waals surface area contributed by atoms with Crippen LogP contribution in [-0.4, -0.2) is 29.9 Å². The first-order chi connectivity index (χ1) is 8.40. The van der Waals surface area contributed by atoms with Crippen LogP contribution < -0.4 is 0 Å². The van der Waals surface area contributed by atoms with Crippen molar-refractivity contribution in [3.63, 3.8) is 0 Å². The van der Waals surface area contributed by atoms with Gasteiger partial charge in [0.25, 0.3) is 0 Å². The zero-order chi connectivity index (χ0) is 14.1. The maximum Gasteiger partial charge on any atom is 0.349 e. The zero-order valence-electron chi connectivity index (χ0n) is 11.4. The predicted octanol–water partition coefficient (Wildman–Crippen LogP) is 1.01. The largest absolute Gasteiger partial charge is 0.349 e. The minimum absolute atomic E-state index is 0. The van der Waals surface area contributed by atoms with E-state index < -0.39 is 35.7 Å². The second kappa shape index (κ2) is 11.4. The summed E-state index contributed by atoms with van der Waals surface area (Å²) in [5.74, 6) is -4.20. The van der Waals surface area contributed by atoms with E-state index >= 15 is 0 Å². The summed E-state index contributed by atoms with van der Waals surface area (Å²) in [7, 11) is 0. The number of hydrogen-bond donors (Lipinski definition) is 0. The SMILES string of the molecule is CCCCOOC(=O)CC(=O)C(C(C)=O)C(C)=O.[Y]. The molecule has 0 saturated carbocycles. The Morgan fingerprint density at radius 2 is 1.58 bits per heavy atom. The third-order valence-electron chi connectivity index (χ3n) is 2.19. The second-order valence-electron chi connectivity index (χ2n) is 3.93. The molecule has 0 spiro atoms. The van der Waals surface area contributed by atoms with Crippen molar-refractivity contribution in [1.29, 1.82) is 0 Å². The van der Waals surface area contributed by atoms with Crippen LogP contribution in [0.4, 0.5) is 0 Å². The molecule has 0 aromatic rings. The second-order valence-corrected chi connectivity index (χ2v) is 3.93. The number of carbonyl (C=O) groups excluding carboxylic acids is 4. The molecule has 7 heteroatoms. The molecule has 1 radical (unpaired) electrons. The first-order valence-electron chi connectivity index (χ1n) is 5.76. The zero-order valence-corrected chi connectivity index (χ0v) is 14.3. The Labute approximate surface area is 137 Å². The van der Waals surface area contributed by atoms with Crippen LogP contribution in [0.25, 0.3) is 0 Å². The summed E-state index contributed by atoms with van der Waals surface area (Å²) in [5, 5.41) is 0. The van der Waals surface area contributed by atoms with Gasteiger partial charge in [0.1, 0.15) is 23.9 Å². The van der Waals surface area contributed by atoms with Gasteiger partial charge >= 0.3 is 5.97 Å². The summed E-state index contributed by atoms with van der Waals surface area (Å²) in [5.41, 5.74) is 0. The van der Waals surface area contributed by atoms with Crippen LogP contribution >= 0.6 is 0 Å². The summed E-state index contributed by atoms with van der Waals surface area (Å²) in [6.45, 7) is 4.46. The number of hydrogen-bond acceptors (Lipinski definition) is 6. The van der Waals surface area contributed by atoms with Gasteiger partial charge in [-0.25, -0.2) is 4.79 Å². The third-order valence-corrected chi connectivity index (χ3v) is 2.19. The Kier molecular flexibility index (Phi) is 12.5. The molecule has 0 atom stereocenters. The van der Waals surface area contributed by atoms with E-state index in [9.17, 15) is 19.2 Å². The smallest absolute Gasteiger partial charge is 0.299 e. The van der Waals surface area contributed by atoms with Crippen molar-refractivity contribution in [2.45, 2.75) is 40.0 Å². The van der Waals surface area contributed by atoms with Crippen molar-refractivity contribution >= 4 is 23.3 Å². The van der Waals surface area contributed by atoms with Crippen molar-refractivity contribution in [2.24, 2.45) is 5.92 Å². The first-order valence-corrected chi connectivity index (χ1v) is 5.76. The Bertz CT molecular complexity index is 325. The molecular weight excluding hydrogens is 329 g/mol. The monoisotopic (exact) mass is 347 g/mol. The van der Waals surface area contributed by atoms with E-state index in [1.54, 1.807) is 0 Å². The van der Waals surface area contributed by atoms with E-state index in [2.05, 4.69) is 9.78 Å².